The van der Waals surface area contributed by atoms with Gasteiger partial charge in [-0.15, -0.1) is 24.0 Å². The summed E-state index contributed by atoms with van der Waals surface area (Å²) < 4.78 is 10.8. The molecule has 150 valence electrons. The third-order valence-corrected chi connectivity index (χ3v) is 3.88. The molecule has 3 amide bonds. The van der Waals surface area contributed by atoms with Crippen LogP contribution in [0.1, 0.15) is 0 Å². The quantitative estimate of drug-likeness (QED) is 0.241. The van der Waals surface area contributed by atoms with Gasteiger partial charge >= 0.3 is 6.03 Å². The van der Waals surface area contributed by atoms with Gasteiger partial charge in [0.15, 0.2) is 5.96 Å². The van der Waals surface area contributed by atoms with Gasteiger partial charge in [-0.05, 0) is 24.3 Å². The average Bonchev–Trinajstić information content (AvgIpc) is 2.97. The summed E-state index contributed by atoms with van der Waals surface area (Å²) in [6.07, 6.45) is 0. The van der Waals surface area contributed by atoms with E-state index in [-0.39, 0.29) is 42.5 Å². The molecule has 1 aromatic rings. The molecule has 0 aromatic heterocycles. The maximum absolute atomic E-state index is 11.5. The number of amides is 3. The number of benzene rings is 1. The minimum atomic E-state index is -0.354. The van der Waals surface area contributed by atoms with E-state index in [1.54, 1.807) is 14.2 Å². The van der Waals surface area contributed by atoms with Crippen molar-refractivity contribution < 1.29 is 19.1 Å². The van der Waals surface area contributed by atoms with Gasteiger partial charge in [0.2, 0.25) is 5.91 Å². The van der Waals surface area contributed by atoms with Crippen LogP contribution in [0.15, 0.2) is 29.3 Å². The van der Waals surface area contributed by atoms with E-state index in [0.29, 0.717) is 32.2 Å². The molecule has 1 aromatic carbocycles. The molecule has 0 atom stereocenters. The molecule has 0 radical (unpaired) electrons. The van der Waals surface area contributed by atoms with Crippen LogP contribution >= 0.6 is 24.0 Å². The maximum atomic E-state index is 11.5. The summed E-state index contributed by atoms with van der Waals surface area (Å²) in [6, 6.07) is 7.03. The van der Waals surface area contributed by atoms with Crippen LogP contribution in [0.2, 0.25) is 0 Å². The minimum absolute atomic E-state index is 0. The maximum Gasteiger partial charge on any atom is 0.324 e. The zero-order chi connectivity index (χ0) is 18.9. The summed E-state index contributed by atoms with van der Waals surface area (Å²) in [7, 11) is 5.19. The lowest BCUT2D eigenvalue weighted by atomic mass is 10.3. The van der Waals surface area contributed by atoms with E-state index in [2.05, 4.69) is 15.6 Å². The van der Waals surface area contributed by atoms with Crippen LogP contribution in [0.4, 0.5) is 4.79 Å². The number of methoxy groups -OCH3 is 1. The molecule has 0 saturated carbocycles. The van der Waals surface area contributed by atoms with E-state index in [1.807, 2.05) is 36.2 Å². The van der Waals surface area contributed by atoms with Crippen LogP contribution in [0.5, 0.6) is 11.5 Å². The molecule has 0 spiro atoms. The summed E-state index contributed by atoms with van der Waals surface area (Å²) in [6.45, 7) is 1.89. The molecular formula is C17H26IN5O4. The molecule has 2 N–H and O–H groups in total. The number of aliphatic imine (C=N–C) groups is 1. The van der Waals surface area contributed by atoms with Gasteiger partial charge in [0.05, 0.1) is 20.2 Å². The van der Waals surface area contributed by atoms with Crippen LogP contribution in [-0.4, -0.2) is 81.7 Å². The van der Waals surface area contributed by atoms with Gasteiger partial charge in [-0.3, -0.25) is 14.7 Å². The zero-order valence-corrected chi connectivity index (χ0v) is 18.1. The summed E-state index contributed by atoms with van der Waals surface area (Å²) in [5.74, 6) is 1.99. The van der Waals surface area contributed by atoms with Crippen LogP contribution in [0, 0.1) is 0 Å². The van der Waals surface area contributed by atoms with Crippen LogP contribution < -0.4 is 20.1 Å². The van der Waals surface area contributed by atoms with Crippen molar-refractivity contribution in [2.75, 3.05) is 54.0 Å². The Labute approximate surface area is 176 Å². The standard InChI is InChI=1S/C17H25N5O4.HI/c1-18-16(19-8-9-22-15(23)12-20-17(22)24)21(2)10-11-26-14-6-4-13(25-3)5-7-14;/h4-7H,8-12H2,1-3H3,(H,18,19)(H,20,24);1H. The van der Waals surface area contributed by atoms with Crippen molar-refractivity contribution in [2.45, 2.75) is 0 Å². The van der Waals surface area contributed by atoms with E-state index < -0.39 is 0 Å². The topological polar surface area (TPSA) is 95.5 Å². The van der Waals surface area contributed by atoms with Gasteiger partial charge in [-0.1, -0.05) is 0 Å². The second-order valence-electron chi connectivity index (χ2n) is 5.62. The van der Waals surface area contributed by atoms with Crippen molar-refractivity contribution in [3.05, 3.63) is 24.3 Å². The lowest BCUT2D eigenvalue weighted by Gasteiger charge is -2.23. The van der Waals surface area contributed by atoms with Crippen molar-refractivity contribution >= 4 is 41.9 Å². The first-order valence-corrected chi connectivity index (χ1v) is 8.32. The lowest BCUT2D eigenvalue weighted by molar-refractivity contribution is -0.124. The van der Waals surface area contributed by atoms with Gasteiger partial charge < -0.3 is 25.0 Å². The number of carbonyl (C=O) groups excluding carboxylic acids is 2. The van der Waals surface area contributed by atoms with E-state index in [4.69, 9.17) is 9.47 Å². The number of carbonyl (C=O) groups is 2. The highest BCUT2D eigenvalue weighted by Crippen LogP contribution is 2.16. The number of likely N-dealkylation sites (N-methyl/N-ethyl adjacent to an activating group) is 1. The molecule has 1 fully saturated rings. The molecule has 10 heteroatoms. The fraction of sp³-hybridized carbons (Fsp3) is 0.471. The molecule has 1 aliphatic heterocycles. The zero-order valence-electron chi connectivity index (χ0n) is 15.7. The van der Waals surface area contributed by atoms with E-state index in [9.17, 15) is 9.59 Å². The minimum Gasteiger partial charge on any atom is -0.497 e. The number of hydrogen-bond acceptors (Lipinski definition) is 5. The molecule has 9 nitrogen and oxygen atoms in total. The van der Waals surface area contributed by atoms with Gasteiger partial charge in [0.25, 0.3) is 0 Å². The SMILES string of the molecule is CN=C(NCCN1C(=O)CNC1=O)N(C)CCOc1ccc(OC)cc1.I. The first-order valence-electron chi connectivity index (χ1n) is 8.32. The van der Waals surface area contributed by atoms with Crippen LogP contribution in [0.3, 0.4) is 0 Å². The number of nitrogens with zero attached hydrogens (tertiary/aromatic N) is 3. The van der Waals surface area contributed by atoms with E-state index >= 15 is 0 Å². The normalized spacial score (nSPS) is 13.7. The number of rotatable bonds is 8. The molecule has 1 saturated heterocycles. The number of urea groups is 1. The van der Waals surface area contributed by atoms with Gasteiger partial charge in [-0.25, -0.2) is 4.79 Å². The summed E-state index contributed by atoms with van der Waals surface area (Å²) >= 11 is 0. The Kier molecular flexibility index (Phi) is 9.68. The first kappa shape index (κ1) is 22.8. The fourth-order valence-corrected chi connectivity index (χ4v) is 2.42. The van der Waals surface area contributed by atoms with Crippen molar-refractivity contribution in [3.63, 3.8) is 0 Å². The number of guanidine groups is 1. The predicted octanol–water partition coefficient (Wildman–Crippen LogP) is 0.751. The smallest absolute Gasteiger partial charge is 0.324 e. The fourth-order valence-electron chi connectivity index (χ4n) is 2.42. The highest BCUT2D eigenvalue weighted by Gasteiger charge is 2.27. The molecule has 0 bridgehead atoms. The number of hydrogen-bond donors (Lipinski definition) is 2. The molecule has 1 aliphatic rings. The van der Waals surface area contributed by atoms with Crippen molar-refractivity contribution in [2.24, 2.45) is 4.99 Å². The Morgan fingerprint density at radius 2 is 1.96 bits per heavy atom. The highest BCUT2D eigenvalue weighted by molar-refractivity contribution is 14.0. The van der Waals surface area contributed by atoms with Gasteiger partial charge in [-0.2, -0.15) is 0 Å². The summed E-state index contributed by atoms with van der Waals surface area (Å²) in [4.78, 5) is 30.3. The number of ether oxygens (including phenoxy) is 2. The highest BCUT2D eigenvalue weighted by atomic mass is 127. The van der Waals surface area contributed by atoms with Gasteiger partial charge in [0, 0.05) is 27.2 Å². The Bertz CT molecular complexity index is 637. The molecule has 1 heterocycles. The predicted molar refractivity (Wildman–Crippen MR) is 113 cm³/mol. The monoisotopic (exact) mass is 491 g/mol. The number of nitrogens with one attached hydrogen (secondary N) is 2. The van der Waals surface area contributed by atoms with Gasteiger partial charge in [0.1, 0.15) is 18.1 Å². The number of halogens is 1. The number of imide groups is 1. The molecular weight excluding hydrogens is 465 g/mol. The average molecular weight is 491 g/mol. The van der Waals surface area contributed by atoms with Crippen molar-refractivity contribution in [1.82, 2.24) is 20.4 Å². The Hall–Kier alpha value is -2.24. The largest absolute Gasteiger partial charge is 0.497 e. The van der Waals surface area contributed by atoms with Crippen molar-refractivity contribution in [3.8, 4) is 11.5 Å². The van der Waals surface area contributed by atoms with Crippen LogP contribution in [0.25, 0.3) is 0 Å². The Morgan fingerprint density at radius 3 is 2.52 bits per heavy atom. The summed E-state index contributed by atoms with van der Waals surface area (Å²) in [5, 5.41) is 5.62. The van der Waals surface area contributed by atoms with E-state index in [0.717, 1.165) is 11.5 Å². The second kappa shape index (κ2) is 11.5. The molecule has 0 unspecified atom stereocenters. The molecule has 2 rings (SSSR count). The third-order valence-electron chi connectivity index (χ3n) is 3.88. The first-order chi connectivity index (χ1) is 12.5. The molecule has 27 heavy (non-hydrogen) atoms. The third kappa shape index (κ3) is 6.77. The second-order valence-corrected chi connectivity index (χ2v) is 5.62. The summed E-state index contributed by atoms with van der Waals surface area (Å²) in [5.41, 5.74) is 0. The van der Waals surface area contributed by atoms with Crippen LogP contribution in [-0.2, 0) is 4.79 Å². The Morgan fingerprint density at radius 1 is 1.30 bits per heavy atom. The van der Waals surface area contributed by atoms with Crippen molar-refractivity contribution in [1.29, 1.82) is 0 Å². The Balaban J connectivity index is 0.00000364. The van der Waals surface area contributed by atoms with E-state index in [1.165, 1.54) is 4.90 Å². The molecule has 0 aliphatic carbocycles. The lowest BCUT2D eigenvalue weighted by Crippen LogP contribution is -2.44.